The van der Waals surface area contributed by atoms with Crippen LogP contribution < -0.4 is 14.8 Å². The number of hydrogen-bond donors (Lipinski definition) is 1. The molecule has 0 saturated carbocycles. The molecular weight excluding hydrogens is 380 g/mol. The Kier molecular flexibility index (Phi) is 7.04. The number of nitrogens with zero attached hydrogens (tertiary/aromatic N) is 1. The summed E-state index contributed by atoms with van der Waals surface area (Å²) in [5.74, 6) is 0.405. The monoisotopic (exact) mass is 406 g/mol. The van der Waals surface area contributed by atoms with Gasteiger partial charge in [0.2, 0.25) is 15.9 Å². The van der Waals surface area contributed by atoms with Gasteiger partial charge in [-0.2, -0.15) is 4.31 Å². The van der Waals surface area contributed by atoms with Crippen LogP contribution in [-0.4, -0.2) is 46.4 Å². The number of ether oxygens (including phenoxy) is 2. The van der Waals surface area contributed by atoms with Gasteiger partial charge in [0.1, 0.15) is 16.4 Å². The van der Waals surface area contributed by atoms with E-state index in [0.717, 1.165) is 9.87 Å². The summed E-state index contributed by atoms with van der Waals surface area (Å²) in [7, 11) is 0.345. The van der Waals surface area contributed by atoms with Crippen molar-refractivity contribution in [3.8, 4) is 11.5 Å². The molecule has 7 nitrogen and oxygen atoms in total. The molecule has 0 saturated heterocycles. The van der Waals surface area contributed by atoms with Gasteiger partial charge in [0, 0.05) is 7.05 Å². The Balaban J connectivity index is 2.24. The molecule has 0 aliphatic rings. The van der Waals surface area contributed by atoms with Crippen LogP contribution in [0.5, 0.6) is 11.5 Å². The molecule has 28 heavy (non-hydrogen) atoms. The molecule has 0 spiro atoms. The Bertz CT molecular complexity index is 941. The zero-order valence-electron chi connectivity index (χ0n) is 16.7. The second-order valence-corrected chi connectivity index (χ2v) is 8.59. The Morgan fingerprint density at radius 3 is 2.32 bits per heavy atom. The molecule has 0 fully saturated rings. The van der Waals surface area contributed by atoms with Crippen molar-refractivity contribution >= 4 is 21.6 Å². The Morgan fingerprint density at radius 1 is 1.07 bits per heavy atom. The van der Waals surface area contributed by atoms with E-state index < -0.39 is 15.9 Å². The largest absolute Gasteiger partial charge is 0.495 e. The SMILES string of the molecule is COc1ccccc1NC(=O)CN(C)S(=O)(=O)c1cc(C(C)C)ccc1OC. The maximum Gasteiger partial charge on any atom is 0.246 e. The number of methoxy groups -OCH3 is 2. The molecule has 0 heterocycles. The summed E-state index contributed by atoms with van der Waals surface area (Å²) in [6.45, 7) is 3.60. The second kappa shape index (κ2) is 9.07. The van der Waals surface area contributed by atoms with Crippen molar-refractivity contribution in [3.63, 3.8) is 0 Å². The summed E-state index contributed by atoms with van der Waals surface area (Å²) in [5, 5.41) is 2.67. The van der Waals surface area contributed by atoms with Gasteiger partial charge in [-0.3, -0.25) is 4.79 Å². The van der Waals surface area contributed by atoms with Crippen LogP contribution in [0.4, 0.5) is 5.69 Å². The molecule has 0 aliphatic carbocycles. The fourth-order valence-corrected chi connectivity index (χ4v) is 3.96. The number of carbonyl (C=O) groups is 1. The molecule has 0 unspecified atom stereocenters. The number of amides is 1. The van der Waals surface area contributed by atoms with Gasteiger partial charge in [-0.25, -0.2) is 8.42 Å². The lowest BCUT2D eigenvalue weighted by atomic mass is 10.0. The fraction of sp³-hybridized carbons (Fsp3) is 0.350. The zero-order chi connectivity index (χ0) is 20.9. The number of carbonyl (C=O) groups excluding carboxylic acids is 1. The predicted molar refractivity (Wildman–Crippen MR) is 109 cm³/mol. The van der Waals surface area contributed by atoms with Crippen LogP contribution >= 0.6 is 0 Å². The highest BCUT2D eigenvalue weighted by Gasteiger charge is 2.27. The predicted octanol–water partition coefficient (Wildman–Crippen LogP) is 3.09. The second-order valence-electron chi connectivity index (χ2n) is 6.57. The molecule has 1 amide bonds. The van der Waals surface area contributed by atoms with E-state index in [0.29, 0.717) is 11.4 Å². The topological polar surface area (TPSA) is 84.9 Å². The maximum absolute atomic E-state index is 13.0. The lowest BCUT2D eigenvalue weighted by Crippen LogP contribution is -2.35. The summed E-state index contributed by atoms with van der Waals surface area (Å²) in [6, 6.07) is 12.0. The van der Waals surface area contributed by atoms with Crippen LogP contribution in [0.15, 0.2) is 47.4 Å². The molecule has 0 bridgehead atoms. The Labute approximate surface area is 166 Å². The summed E-state index contributed by atoms with van der Waals surface area (Å²) in [5.41, 5.74) is 1.34. The number of nitrogens with one attached hydrogen (secondary N) is 1. The van der Waals surface area contributed by atoms with Gasteiger partial charge >= 0.3 is 0 Å². The molecule has 2 aromatic carbocycles. The van der Waals surface area contributed by atoms with Crippen LogP contribution in [0.1, 0.15) is 25.3 Å². The Hall–Kier alpha value is -2.58. The van der Waals surface area contributed by atoms with E-state index in [-0.39, 0.29) is 23.1 Å². The Morgan fingerprint density at radius 2 is 1.71 bits per heavy atom. The van der Waals surface area contributed by atoms with Crippen molar-refractivity contribution in [1.82, 2.24) is 4.31 Å². The highest BCUT2D eigenvalue weighted by atomic mass is 32.2. The van der Waals surface area contributed by atoms with E-state index in [1.54, 1.807) is 36.4 Å². The fourth-order valence-electron chi connectivity index (χ4n) is 2.65. The van der Waals surface area contributed by atoms with Crippen molar-refractivity contribution < 1.29 is 22.7 Å². The first-order valence-electron chi connectivity index (χ1n) is 8.77. The van der Waals surface area contributed by atoms with Crippen LogP contribution in [0, 0.1) is 0 Å². The lowest BCUT2D eigenvalue weighted by Gasteiger charge is -2.20. The number of benzene rings is 2. The van der Waals surface area contributed by atoms with Gasteiger partial charge in [0.25, 0.3) is 0 Å². The number of anilines is 1. The van der Waals surface area contributed by atoms with Crippen LogP contribution in [0.25, 0.3) is 0 Å². The van der Waals surface area contributed by atoms with E-state index in [1.807, 2.05) is 19.9 Å². The van der Waals surface area contributed by atoms with Crippen molar-refractivity contribution in [2.75, 3.05) is 33.1 Å². The molecular formula is C20H26N2O5S. The quantitative estimate of drug-likeness (QED) is 0.728. The first kappa shape index (κ1) is 21.7. The molecule has 2 rings (SSSR count). The van der Waals surface area contributed by atoms with Gasteiger partial charge in [-0.05, 0) is 35.7 Å². The lowest BCUT2D eigenvalue weighted by molar-refractivity contribution is -0.116. The van der Waals surface area contributed by atoms with Crippen molar-refractivity contribution in [3.05, 3.63) is 48.0 Å². The number of sulfonamides is 1. The highest BCUT2D eigenvalue weighted by molar-refractivity contribution is 7.89. The minimum atomic E-state index is -3.92. The van der Waals surface area contributed by atoms with Crippen LogP contribution in [0.3, 0.4) is 0 Å². The third kappa shape index (κ3) is 4.82. The van der Waals surface area contributed by atoms with E-state index in [4.69, 9.17) is 9.47 Å². The number of hydrogen-bond acceptors (Lipinski definition) is 5. The van der Waals surface area contributed by atoms with Crippen LogP contribution in [0.2, 0.25) is 0 Å². The van der Waals surface area contributed by atoms with Gasteiger partial charge < -0.3 is 14.8 Å². The van der Waals surface area contributed by atoms with Gasteiger partial charge in [0.05, 0.1) is 26.5 Å². The standard InChI is InChI=1S/C20H26N2O5S/c1-14(2)15-10-11-18(27-5)19(12-15)28(24,25)22(3)13-20(23)21-16-8-6-7-9-17(16)26-4/h6-12,14H,13H2,1-5H3,(H,21,23). The first-order valence-corrected chi connectivity index (χ1v) is 10.2. The van der Waals surface area contributed by atoms with Crippen molar-refractivity contribution in [1.29, 1.82) is 0 Å². The average molecular weight is 407 g/mol. The molecule has 0 radical (unpaired) electrons. The summed E-state index contributed by atoms with van der Waals surface area (Å²) in [6.07, 6.45) is 0. The van der Waals surface area contributed by atoms with Crippen LogP contribution in [-0.2, 0) is 14.8 Å². The van der Waals surface area contributed by atoms with Gasteiger partial charge in [-0.15, -0.1) is 0 Å². The molecule has 8 heteroatoms. The van der Waals surface area contributed by atoms with Crippen molar-refractivity contribution in [2.45, 2.75) is 24.7 Å². The van der Waals surface area contributed by atoms with E-state index >= 15 is 0 Å². The number of para-hydroxylation sites is 2. The normalized spacial score (nSPS) is 11.5. The zero-order valence-corrected chi connectivity index (χ0v) is 17.5. The molecule has 0 atom stereocenters. The summed E-state index contributed by atoms with van der Waals surface area (Å²) >= 11 is 0. The molecule has 2 aromatic rings. The molecule has 0 aliphatic heterocycles. The van der Waals surface area contributed by atoms with Crippen molar-refractivity contribution in [2.24, 2.45) is 0 Å². The third-order valence-corrected chi connectivity index (χ3v) is 6.11. The number of rotatable bonds is 8. The molecule has 1 N–H and O–H groups in total. The van der Waals surface area contributed by atoms with Gasteiger partial charge in [0.15, 0.2) is 0 Å². The van der Waals surface area contributed by atoms with E-state index in [1.165, 1.54) is 21.3 Å². The summed E-state index contributed by atoms with van der Waals surface area (Å²) < 4.78 is 37.5. The maximum atomic E-state index is 13.0. The summed E-state index contributed by atoms with van der Waals surface area (Å²) in [4.78, 5) is 12.4. The average Bonchev–Trinajstić information content (AvgIpc) is 2.67. The minimum Gasteiger partial charge on any atom is -0.495 e. The third-order valence-electron chi connectivity index (χ3n) is 4.29. The van der Waals surface area contributed by atoms with E-state index in [9.17, 15) is 13.2 Å². The molecule has 152 valence electrons. The smallest absolute Gasteiger partial charge is 0.246 e. The van der Waals surface area contributed by atoms with E-state index in [2.05, 4.69) is 5.32 Å². The highest BCUT2D eigenvalue weighted by Crippen LogP contribution is 2.30. The molecule has 0 aromatic heterocycles. The number of likely N-dealkylation sites (N-methyl/N-ethyl adjacent to an activating group) is 1. The van der Waals surface area contributed by atoms with Gasteiger partial charge in [-0.1, -0.05) is 32.0 Å². The first-order chi connectivity index (χ1) is 13.2. The minimum absolute atomic E-state index is 0.0359.